The maximum Gasteiger partial charge on any atom is 0.211 e. The summed E-state index contributed by atoms with van der Waals surface area (Å²) in [5.41, 5.74) is 5.36. The zero-order valence-corrected chi connectivity index (χ0v) is 17.3. The van der Waals surface area contributed by atoms with Crippen LogP contribution in [0.5, 0.6) is 0 Å². The molecule has 1 aliphatic heterocycles. The Hall–Kier alpha value is -1.44. The van der Waals surface area contributed by atoms with Crippen molar-refractivity contribution in [1.29, 1.82) is 0 Å². The standard InChI is InChI=1S/C22H35N2/c1-15-11-12-24(22(8,9)10)17(13-15)16-14-18(20(2,3)4)23-19(16)21(5,6)7/h11-14,19H,1-10H3/q+1. The largest absolute Gasteiger partial charge is 0.280 e. The number of rotatable bonds is 1. The molecule has 0 saturated carbocycles. The molecule has 1 atom stereocenters. The Morgan fingerprint density at radius 1 is 0.958 bits per heavy atom. The molecule has 0 amide bonds. The Morgan fingerprint density at radius 2 is 1.54 bits per heavy atom. The van der Waals surface area contributed by atoms with Crippen LogP contribution < -0.4 is 4.57 Å². The molecule has 2 heterocycles. The van der Waals surface area contributed by atoms with Gasteiger partial charge in [-0.05, 0) is 24.0 Å². The predicted octanol–water partition coefficient (Wildman–Crippen LogP) is 5.34. The molecule has 0 radical (unpaired) electrons. The lowest BCUT2D eigenvalue weighted by molar-refractivity contribution is -0.756. The molecular weight excluding hydrogens is 292 g/mol. The first-order valence-electron chi connectivity index (χ1n) is 9.04. The summed E-state index contributed by atoms with van der Waals surface area (Å²) in [6, 6.07) is 4.71. The minimum atomic E-state index is 0.0385. The second-order valence-electron chi connectivity index (χ2n) is 10.3. The first-order chi connectivity index (χ1) is 10.7. The van der Waals surface area contributed by atoms with Gasteiger partial charge in [0.2, 0.25) is 5.69 Å². The molecular formula is C22H35N2+. The van der Waals surface area contributed by atoms with Crippen LogP contribution in [0.4, 0.5) is 0 Å². The van der Waals surface area contributed by atoms with Crippen LogP contribution in [0.15, 0.2) is 29.4 Å². The Balaban J connectivity index is 2.69. The van der Waals surface area contributed by atoms with Crippen LogP contribution in [0, 0.1) is 17.8 Å². The molecule has 24 heavy (non-hydrogen) atoms. The van der Waals surface area contributed by atoms with Gasteiger partial charge in [-0.25, -0.2) is 0 Å². The van der Waals surface area contributed by atoms with Gasteiger partial charge in [0.15, 0.2) is 11.7 Å². The molecule has 1 aromatic heterocycles. The van der Waals surface area contributed by atoms with Crippen molar-refractivity contribution in [2.75, 3.05) is 0 Å². The maximum absolute atomic E-state index is 5.15. The predicted molar refractivity (Wildman–Crippen MR) is 104 cm³/mol. The number of nitrogens with zero attached hydrogens (tertiary/aromatic N) is 2. The molecule has 0 saturated heterocycles. The highest BCUT2D eigenvalue weighted by Crippen LogP contribution is 2.39. The number of hydrogen-bond donors (Lipinski definition) is 0. The summed E-state index contributed by atoms with van der Waals surface area (Å²) < 4.78 is 2.39. The number of pyridine rings is 1. The minimum Gasteiger partial charge on any atom is -0.280 e. The van der Waals surface area contributed by atoms with Crippen molar-refractivity contribution in [3.63, 3.8) is 0 Å². The SMILES string of the molecule is Cc1cc[n+](C(C)(C)C)c(C2=CC(C(C)(C)C)=NC2C(C)(C)C)c1. The van der Waals surface area contributed by atoms with Crippen molar-refractivity contribution >= 4 is 11.3 Å². The van der Waals surface area contributed by atoms with E-state index in [2.05, 4.69) is 98.2 Å². The highest BCUT2D eigenvalue weighted by Gasteiger charge is 2.40. The maximum atomic E-state index is 5.15. The normalized spacial score (nSPS) is 19.3. The molecule has 0 N–H and O–H groups in total. The van der Waals surface area contributed by atoms with Crippen LogP contribution in [0.25, 0.3) is 5.57 Å². The lowest BCUT2D eigenvalue weighted by Crippen LogP contribution is -2.53. The van der Waals surface area contributed by atoms with Crippen molar-refractivity contribution in [3.05, 3.63) is 35.7 Å². The van der Waals surface area contributed by atoms with E-state index in [1.807, 2.05) is 0 Å². The lowest BCUT2D eigenvalue weighted by Gasteiger charge is -2.28. The zero-order chi connectivity index (χ0) is 18.5. The van der Waals surface area contributed by atoms with E-state index < -0.39 is 0 Å². The van der Waals surface area contributed by atoms with Crippen LogP contribution >= 0.6 is 0 Å². The molecule has 0 fully saturated rings. The molecule has 1 aromatic rings. The Morgan fingerprint density at radius 3 is 2.00 bits per heavy atom. The van der Waals surface area contributed by atoms with Gasteiger partial charge in [0, 0.05) is 44.0 Å². The monoisotopic (exact) mass is 327 g/mol. The van der Waals surface area contributed by atoms with Gasteiger partial charge >= 0.3 is 0 Å². The second kappa shape index (κ2) is 5.82. The summed E-state index contributed by atoms with van der Waals surface area (Å²) in [7, 11) is 0. The average Bonchev–Trinajstić information content (AvgIpc) is 2.81. The molecule has 2 heteroatoms. The van der Waals surface area contributed by atoms with E-state index in [0.717, 1.165) is 0 Å². The third-order valence-corrected chi connectivity index (χ3v) is 4.57. The van der Waals surface area contributed by atoms with Gasteiger partial charge in [-0.3, -0.25) is 4.99 Å². The fraction of sp³-hybridized carbons (Fsp3) is 0.636. The van der Waals surface area contributed by atoms with Gasteiger partial charge in [0.05, 0.1) is 11.6 Å². The summed E-state index contributed by atoms with van der Waals surface area (Å²) in [5, 5.41) is 0. The van der Waals surface area contributed by atoms with Crippen molar-refractivity contribution < 1.29 is 4.57 Å². The topological polar surface area (TPSA) is 16.2 Å². The van der Waals surface area contributed by atoms with Crippen molar-refractivity contribution in [2.45, 2.75) is 80.8 Å². The van der Waals surface area contributed by atoms with Crippen molar-refractivity contribution in [3.8, 4) is 0 Å². The molecule has 0 spiro atoms. The van der Waals surface area contributed by atoms with Crippen LogP contribution in [0.3, 0.4) is 0 Å². The van der Waals surface area contributed by atoms with E-state index in [4.69, 9.17) is 4.99 Å². The first kappa shape index (κ1) is 18.9. The lowest BCUT2D eigenvalue weighted by atomic mass is 9.81. The smallest absolute Gasteiger partial charge is 0.211 e. The van der Waals surface area contributed by atoms with Crippen LogP contribution in [-0.4, -0.2) is 11.8 Å². The third kappa shape index (κ3) is 3.79. The molecule has 132 valence electrons. The highest BCUT2D eigenvalue weighted by atomic mass is 15.0. The van der Waals surface area contributed by atoms with E-state index in [1.54, 1.807) is 0 Å². The van der Waals surface area contributed by atoms with Gasteiger partial charge in [0.1, 0.15) is 0 Å². The van der Waals surface area contributed by atoms with Gasteiger partial charge in [-0.15, -0.1) is 0 Å². The van der Waals surface area contributed by atoms with E-state index in [0.29, 0.717) is 0 Å². The van der Waals surface area contributed by atoms with Crippen LogP contribution in [-0.2, 0) is 5.54 Å². The van der Waals surface area contributed by atoms with Gasteiger partial charge < -0.3 is 0 Å². The second-order valence-corrected chi connectivity index (χ2v) is 10.3. The summed E-state index contributed by atoms with van der Waals surface area (Å²) >= 11 is 0. The third-order valence-electron chi connectivity index (χ3n) is 4.57. The van der Waals surface area contributed by atoms with Crippen molar-refractivity contribution in [2.24, 2.45) is 15.8 Å². The first-order valence-corrected chi connectivity index (χ1v) is 9.04. The fourth-order valence-corrected chi connectivity index (χ4v) is 3.17. The number of hydrogen-bond acceptors (Lipinski definition) is 1. The van der Waals surface area contributed by atoms with E-state index in [-0.39, 0.29) is 22.4 Å². The average molecular weight is 328 g/mol. The van der Waals surface area contributed by atoms with E-state index in [1.165, 1.54) is 22.5 Å². The minimum absolute atomic E-state index is 0.0385. The number of aliphatic imine (C=N–C) groups is 1. The number of aromatic nitrogens is 1. The zero-order valence-electron chi connectivity index (χ0n) is 17.3. The summed E-state index contributed by atoms with van der Waals surface area (Å²) in [6.07, 6.45) is 4.56. The molecule has 2 rings (SSSR count). The van der Waals surface area contributed by atoms with Gasteiger partial charge in [-0.1, -0.05) is 41.5 Å². The van der Waals surface area contributed by atoms with E-state index in [9.17, 15) is 0 Å². The fourth-order valence-electron chi connectivity index (χ4n) is 3.17. The molecule has 1 unspecified atom stereocenters. The molecule has 0 aliphatic carbocycles. The molecule has 2 nitrogen and oxygen atoms in total. The number of allylic oxidation sites excluding steroid dienone is 1. The molecule has 0 aromatic carbocycles. The Bertz CT molecular complexity index is 686. The Labute approximate surface area is 148 Å². The quantitative estimate of drug-likeness (QED) is 0.619. The summed E-state index contributed by atoms with van der Waals surface area (Å²) in [6.45, 7) is 22.6. The van der Waals surface area contributed by atoms with Gasteiger partial charge in [0.25, 0.3) is 0 Å². The van der Waals surface area contributed by atoms with Crippen LogP contribution in [0.1, 0.15) is 73.6 Å². The van der Waals surface area contributed by atoms with Crippen molar-refractivity contribution in [1.82, 2.24) is 0 Å². The van der Waals surface area contributed by atoms with Gasteiger partial charge in [-0.2, -0.15) is 4.57 Å². The summed E-state index contributed by atoms with van der Waals surface area (Å²) in [4.78, 5) is 5.15. The highest BCUT2D eigenvalue weighted by molar-refractivity contribution is 6.08. The molecule has 0 bridgehead atoms. The molecule has 1 aliphatic rings. The van der Waals surface area contributed by atoms with E-state index >= 15 is 0 Å². The summed E-state index contributed by atoms with van der Waals surface area (Å²) in [5.74, 6) is 0. The number of aryl methyl sites for hydroxylation is 1. The van der Waals surface area contributed by atoms with Crippen LogP contribution in [0.2, 0.25) is 0 Å². The Kier molecular flexibility index (Phi) is 4.58.